The fourth-order valence-corrected chi connectivity index (χ4v) is 6.43. The van der Waals surface area contributed by atoms with Crippen molar-refractivity contribution in [2.45, 2.75) is 77.0 Å². The van der Waals surface area contributed by atoms with Gasteiger partial charge in [0.25, 0.3) is 0 Å². The molecule has 0 unspecified atom stereocenters. The average Bonchev–Trinajstić information content (AvgIpc) is 2.78. The minimum Gasteiger partial charge on any atom is -0.380 e. The van der Waals surface area contributed by atoms with Crippen LogP contribution in [0.5, 0.6) is 0 Å². The van der Waals surface area contributed by atoms with Crippen LogP contribution >= 0.6 is 31.9 Å². The summed E-state index contributed by atoms with van der Waals surface area (Å²) in [7, 11) is 0. The van der Waals surface area contributed by atoms with Crippen molar-refractivity contribution in [3.63, 3.8) is 0 Å². The number of rotatable bonds is 8. The van der Waals surface area contributed by atoms with E-state index in [-0.39, 0.29) is 0 Å². The Morgan fingerprint density at radius 2 is 0.903 bits per heavy atom. The lowest BCUT2D eigenvalue weighted by Gasteiger charge is -2.41. The van der Waals surface area contributed by atoms with Gasteiger partial charge in [0, 0.05) is 8.95 Å². The van der Waals surface area contributed by atoms with Gasteiger partial charge < -0.3 is 4.74 Å². The quantitative estimate of drug-likeness (QED) is 0.320. The Morgan fingerprint density at radius 3 is 1.26 bits per heavy atom. The Bertz CT molecular complexity index is 730. The minimum atomic E-state index is 0.319. The van der Waals surface area contributed by atoms with E-state index in [0.717, 1.165) is 35.0 Å². The molecule has 0 N–H and O–H groups in total. The third kappa shape index (κ3) is 6.68. The van der Waals surface area contributed by atoms with Crippen LogP contribution in [0.25, 0.3) is 0 Å². The van der Waals surface area contributed by atoms with E-state index >= 15 is 0 Å². The highest BCUT2D eigenvalue weighted by atomic mass is 79.9. The molecule has 2 saturated carbocycles. The minimum absolute atomic E-state index is 0.319. The van der Waals surface area contributed by atoms with Crippen LogP contribution in [0.3, 0.4) is 0 Å². The van der Waals surface area contributed by atoms with Crippen LogP contribution in [0.2, 0.25) is 0 Å². The van der Waals surface area contributed by atoms with Crippen molar-refractivity contribution in [1.29, 1.82) is 0 Å². The molecule has 0 saturated heterocycles. The Morgan fingerprint density at radius 1 is 0.548 bits per heavy atom. The maximum absolute atomic E-state index is 6.69. The molecule has 3 heteroatoms. The lowest BCUT2D eigenvalue weighted by Crippen LogP contribution is -2.37. The highest BCUT2D eigenvalue weighted by Gasteiger charge is 2.36. The molecule has 168 valence electrons. The zero-order valence-electron chi connectivity index (χ0n) is 18.7. The van der Waals surface area contributed by atoms with Gasteiger partial charge in [0.05, 0.1) is 13.2 Å². The topological polar surface area (TPSA) is 9.23 Å². The molecule has 0 aromatic heterocycles. The van der Waals surface area contributed by atoms with Crippen molar-refractivity contribution in [3.05, 3.63) is 68.6 Å². The molecule has 0 spiro atoms. The van der Waals surface area contributed by atoms with Crippen LogP contribution in [0.1, 0.15) is 75.3 Å². The Labute approximate surface area is 205 Å². The summed E-state index contributed by atoms with van der Waals surface area (Å²) in [6.07, 6.45) is 15.7. The van der Waals surface area contributed by atoms with E-state index in [1.165, 1.54) is 75.3 Å². The molecule has 0 radical (unpaired) electrons. The molecule has 0 amide bonds. The van der Waals surface area contributed by atoms with E-state index in [1.807, 2.05) is 0 Å². The smallest absolute Gasteiger partial charge is 0.0525 e. The third-order valence-corrected chi connectivity index (χ3v) is 8.69. The van der Waals surface area contributed by atoms with Gasteiger partial charge in [-0.15, -0.1) is 0 Å². The maximum Gasteiger partial charge on any atom is 0.0525 e. The van der Waals surface area contributed by atoms with Crippen LogP contribution in [0.4, 0.5) is 0 Å². The summed E-state index contributed by atoms with van der Waals surface area (Å²) in [5.41, 5.74) is 3.55. The first-order valence-corrected chi connectivity index (χ1v) is 13.7. The summed E-state index contributed by atoms with van der Waals surface area (Å²) in [4.78, 5) is 0. The van der Waals surface area contributed by atoms with E-state index in [1.54, 1.807) is 0 Å². The molecule has 2 fully saturated rings. The van der Waals surface area contributed by atoms with Crippen molar-refractivity contribution in [1.82, 2.24) is 0 Å². The Kier molecular flexibility index (Phi) is 8.33. The number of hydrogen-bond donors (Lipinski definition) is 0. The molecular weight excluding hydrogens is 512 g/mol. The third-order valence-electron chi connectivity index (χ3n) is 7.63. The fraction of sp³-hybridized carbons (Fsp3) is 0.571. The van der Waals surface area contributed by atoms with Gasteiger partial charge in [-0.2, -0.15) is 0 Å². The summed E-state index contributed by atoms with van der Waals surface area (Å²) >= 11 is 7.16. The molecule has 2 aromatic rings. The van der Waals surface area contributed by atoms with Crippen LogP contribution < -0.4 is 0 Å². The molecule has 1 nitrogen and oxygen atoms in total. The van der Waals surface area contributed by atoms with Gasteiger partial charge in [-0.3, -0.25) is 0 Å². The van der Waals surface area contributed by atoms with Crippen LogP contribution in [-0.2, 0) is 17.6 Å². The zero-order chi connectivity index (χ0) is 21.6. The summed E-state index contributed by atoms with van der Waals surface area (Å²) < 4.78 is 9.02. The predicted octanol–water partition coefficient (Wildman–Crippen LogP) is 8.91. The highest BCUT2D eigenvalue weighted by Crippen LogP contribution is 2.43. The van der Waals surface area contributed by atoms with Crippen molar-refractivity contribution in [3.8, 4) is 0 Å². The summed E-state index contributed by atoms with van der Waals surface area (Å²) in [5.74, 6) is 0. The van der Waals surface area contributed by atoms with E-state index in [4.69, 9.17) is 4.74 Å². The second kappa shape index (κ2) is 11.0. The normalized spacial score (nSPS) is 20.5. The number of ether oxygens (including phenoxy) is 1. The summed E-state index contributed by atoms with van der Waals surface area (Å²) in [6, 6.07) is 17.9. The van der Waals surface area contributed by atoms with Gasteiger partial charge >= 0.3 is 0 Å². The number of hydrogen-bond acceptors (Lipinski definition) is 1. The van der Waals surface area contributed by atoms with Crippen LogP contribution in [0, 0.1) is 10.8 Å². The van der Waals surface area contributed by atoms with E-state index in [0.29, 0.717) is 10.8 Å². The molecule has 2 aromatic carbocycles. The maximum atomic E-state index is 6.69. The highest BCUT2D eigenvalue weighted by molar-refractivity contribution is 9.10. The van der Waals surface area contributed by atoms with Crippen LogP contribution in [-0.4, -0.2) is 13.2 Å². The Hall–Kier alpha value is -0.640. The fourth-order valence-electron chi connectivity index (χ4n) is 5.90. The van der Waals surface area contributed by atoms with Crippen molar-refractivity contribution in [2.75, 3.05) is 13.2 Å². The zero-order valence-corrected chi connectivity index (χ0v) is 21.9. The SMILES string of the molecule is Brc1ccc(CC2(COCC3(Cc4ccc(Br)cc4)CCCCC3)CCCCC2)cc1. The second-order valence-corrected chi connectivity index (χ2v) is 12.1. The first-order chi connectivity index (χ1) is 15.1. The average molecular weight is 548 g/mol. The van der Waals surface area contributed by atoms with Gasteiger partial charge in [-0.25, -0.2) is 0 Å². The monoisotopic (exact) mass is 546 g/mol. The van der Waals surface area contributed by atoms with Crippen molar-refractivity contribution >= 4 is 31.9 Å². The molecule has 2 aliphatic carbocycles. The first-order valence-electron chi connectivity index (χ1n) is 12.1. The van der Waals surface area contributed by atoms with Gasteiger partial charge in [-0.05, 0) is 84.7 Å². The van der Waals surface area contributed by atoms with Crippen molar-refractivity contribution in [2.24, 2.45) is 10.8 Å². The van der Waals surface area contributed by atoms with Gasteiger partial charge in [0.1, 0.15) is 0 Å². The molecule has 4 rings (SSSR count). The molecule has 0 atom stereocenters. The molecular formula is C28H36Br2O. The number of halogens is 2. The first kappa shape index (κ1) is 23.5. The lowest BCUT2D eigenvalue weighted by atomic mass is 9.70. The van der Waals surface area contributed by atoms with Gasteiger partial charge in [-0.1, -0.05) is 94.7 Å². The molecule has 0 heterocycles. The molecule has 2 aliphatic rings. The molecule has 0 aliphatic heterocycles. The van der Waals surface area contributed by atoms with E-state index in [9.17, 15) is 0 Å². The second-order valence-electron chi connectivity index (χ2n) is 10.2. The van der Waals surface area contributed by atoms with E-state index < -0.39 is 0 Å². The van der Waals surface area contributed by atoms with E-state index in [2.05, 4.69) is 80.4 Å². The van der Waals surface area contributed by atoms with Crippen molar-refractivity contribution < 1.29 is 4.74 Å². The predicted molar refractivity (Wildman–Crippen MR) is 138 cm³/mol. The Balaban J connectivity index is 1.42. The molecule has 31 heavy (non-hydrogen) atoms. The lowest BCUT2D eigenvalue weighted by molar-refractivity contribution is -0.0341. The van der Waals surface area contributed by atoms with Gasteiger partial charge in [0.2, 0.25) is 0 Å². The van der Waals surface area contributed by atoms with Crippen LogP contribution in [0.15, 0.2) is 57.5 Å². The standard InChI is InChI=1S/C28H36Br2O/c29-25-11-7-23(8-12-25)19-27(15-3-1-4-16-27)21-31-22-28(17-5-2-6-18-28)20-24-9-13-26(30)14-10-24/h7-14H,1-6,15-22H2. The summed E-state index contributed by atoms with van der Waals surface area (Å²) in [6.45, 7) is 1.84. The number of benzene rings is 2. The summed E-state index contributed by atoms with van der Waals surface area (Å²) in [5, 5.41) is 0. The van der Waals surface area contributed by atoms with Gasteiger partial charge in [0.15, 0.2) is 0 Å². The largest absolute Gasteiger partial charge is 0.380 e. The molecule has 0 bridgehead atoms.